The molecule has 0 heterocycles. The van der Waals surface area contributed by atoms with Crippen LogP contribution in [0.3, 0.4) is 0 Å². The van der Waals surface area contributed by atoms with Gasteiger partial charge in [-0.05, 0) is 17.7 Å². The number of aliphatic hydroxyl groups is 1. The molecule has 1 aliphatic carbocycles. The van der Waals surface area contributed by atoms with Gasteiger partial charge >= 0.3 is 0 Å². The number of halogens is 1. The Bertz CT molecular complexity index is 605. The highest BCUT2D eigenvalue weighted by Gasteiger charge is 2.70. The molecule has 0 unspecified atom stereocenters. The summed E-state index contributed by atoms with van der Waals surface area (Å²) < 4.78 is 36.1. The second-order valence-corrected chi connectivity index (χ2v) is 6.76. The molecule has 6 heteroatoms. The molecule has 3 atom stereocenters. The minimum Gasteiger partial charge on any atom is -0.395 e. The Hall–Kier alpha value is -1.45. The first-order valence-electron chi connectivity index (χ1n) is 5.33. The predicted octanol–water partition coefficient (Wildman–Crippen LogP) is 0.838. The van der Waals surface area contributed by atoms with E-state index >= 15 is 0 Å². The molecule has 4 nitrogen and oxygen atoms in total. The van der Waals surface area contributed by atoms with Crippen LogP contribution in [-0.2, 0) is 9.84 Å². The number of nitrogens with zero attached hydrogens (tertiary/aromatic N) is 1. The standard InChI is InChI=1S/C12H12FNO3S/c1-18(16,17)11-10(12(11,6-14)7-15)8-2-4-9(13)5-3-8/h2-5,10-11,15H,7H2,1H3/t10-,11+,12+/m0/s1. The third-order valence-electron chi connectivity index (χ3n) is 3.42. The summed E-state index contributed by atoms with van der Waals surface area (Å²) in [6.07, 6.45) is 1.04. The van der Waals surface area contributed by atoms with E-state index in [-0.39, 0.29) is 0 Å². The molecule has 1 aliphatic rings. The molecule has 1 fully saturated rings. The van der Waals surface area contributed by atoms with Crippen molar-refractivity contribution in [1.29, 1.82) is 5.26 Å². The summed E-state index contributed by atoms with van der Waals surface area (Å²) in [5.74, 6) is -1.02. The van der Waals surface area contributed by atoms with Crippen LogP contribution in [0, 0.1) is 22.6 Å². The van der Waals surface area contributed by atoms with E-state index in [0.717, 1.165) is 6.26 Å². The van der Waals surface area contributed by atoms with Gasteiger partial charge in [-0.15, -0.1) is 0 Å². The van der Waals surface area contributed by atoms with Gasteiger partial charge in [-0.3, -0.25) is 0 Å². The topological polar surface area (TPSA) is 78.2 Å². The van der Waals surface area contributed by atoms with E-state index in [1.54, 1.807) is 0 Å². The SMILES string of the molecule is CS(=O)(=O)[C@@H]1[C@H](c2ccc(F)cc2)[C@@]1(C#N)CO. The first-order chi connectivity index (χ1) is 8.36. The number of hydrogen-bond acceptors (Lipinski definition) is 4. The zero-order chi connectivity index (χ0) is 13.6. The Labute approximate surface area is 105 Å². The van der Waals surface area contributed by atoms with Crippen molar-refractivity contribution in [3.63, 3.8) is 0 Å². The molecule has 1 saturated carbocycles. The Morgan fingerprint density at radius 3 is 2.33 bits per heavy atom. The highest BCUT2D eigenvalue weighted by Crippen LogP contribution is 2.62. The van der Waals surface area contributed by atoms with Crippen LogP contribution in [0.1, 0.15) is 11.5 Å². The number of hydrogen-bond donors (Lipinski definition) is 1. The van der Waals surface area contributed by atoms with Gasteiger partial charge in [0.05, 0.1) is 17.9 Å². The monoisotopic (exact) mass is 269 g/mol. The van der Waals surface area contributed by atoms with Crippen LogP contribution >= 0.6 is 0 Å². The van der Waals surface area contributed by atoms with Gasteiger partial charge in [0, 0.05) is 12.2 Å². The van der Waals surface area contributed by atoms with Gasteiger partial charge < -0.3 is 5.11 Å². The lowest BCUT2D eigenvalue weighted by Gasteiger charge is -2.03. The molecule has 0 saturated heterocycles. The molecule has 1 N–H and O–H groups in total. The van der Waals surface area contributed by atoms with Crippen LogP contribution in [0.4, 0.5) is 4.39 Å². The van der Waals surface area contributed by atoms with Gasteiger partial charge in [0.1, 0.15) is 11.2 Å². The van der Waals surface area contributed by atoms with Crippen molar-refractivity contribution >= 4 is 9.84 Å². The molecule has 1 aromatic rings. The van der Waals surface area contributed by atoms with Crippen LogP contribution in [-0.4, -0.2) is 31.6 Å². The van der Waals surface area contributed by atoms with Gasteiger partial charge in [-0.1, -0.05) is 12.1 Å². The summed E-state index contributed by atoms with van der Waals surface area (Å²) in [7, 11) is -3.45. The largest absolute Gasteiger partial charge is 0.395 e. The lowest BCUT2D eigenvalue weighted by atomic mass is 10.0. The minimum atomic E-state index is -3.45. The molecule has 96 valence electrons. The zero-order valence-electron chi connectivity index (χ0n) is 9.67. The number of nitriles is 1. The highest BCUT2D eigenvalue weighted by molar-refractivity contribution is 7.91. The van der Waals surface area contributed by atoms with Crippen molar-refractivity contribution < 1.29 is 17.9 Å². The maximum atomic E-state index is 12.8. The molecule has 2 rings (SSSR count). The summed E-state index contributed by atoms with van der Waals surface area (Å²) in [6.45, 7) is -0.525. The average Bonchev–Trinajstić information content (AvgIpc) is 3.00. The summed E-state index contributed by atoms with van der Waals surface area (Å²) in [5.41, 5.74) is -0.742. The van der Waals surface area contributed by atoms with Crippen molar-refractivity contribution in [2.24, 2.45) is 5.41 Å². The van der Waals surface area contributed by atoms with Crippen LogP contribution in [0.2, 0.25) is 0 Å². The fraction of sp³-hybridized carbons (Fsp3) is 0.417. The zero-order valence-corrected chi connectivity index (χ0v) is 10.5. The Kier molecular flexibility index (Phi) is 2.92. The van der Waals surface area contributed by atoms with E-state index < -0.39 is 38.8 Å². The maximum absolute atomic E-state index is 12.8. The van der Waals surface area contributed by atoms with Crippen molar-refractivity contribution in [3.8, 4) is 6.07 Å². The van der Waals surface area contributed by atoms with Crippen LogP contribution in [0.25, 0.3) is 0 Å². The molecule has 0 bridgehead atoms. The first-order valence-corrected chi connectivity index (χ1v) is 7.28. The molecule has 0 radical (unpaired) electrons. The lowest BCUT2D eigenvalue weighted by molar-refractivity contribution is 0.242. The van der Waals surface area contributed by atoms with Gasteiger partial charge in [0.2, 0.25) is 0 Å². The second kappa shape index (κ2) is 4.04. The van der Waals surface area contributed by atoms with Gasteiger partial charge in [0.15, 0.2) is 9.84 Å². The fourth-order valence-electron chi connectivity index (χ4n) is 2.53. The molecule has 0 spiro atoms. The van der Waals surface area contributed by atoms with E-state index in [9.17, 15) is 17.9 Å². The Morgan fingerprint density at radius 2 is 2.00 bits per heavy atom. The molecule has 18 heavy (non-hydrogen) atoms. The summed E-state index contributed by atoms with van der Waals surface area (Å²) in [4.78, 5) is 0. The molecular formula is C12H12FNO3S. The minimum absolute atomic E-state index is 0.429. The van der Waals surface area contributed by atoms with E-state index in [1.165, 1.54) is 24.3 Å². The van der Waals surface area contributed by atoms with Crippen molar-refractivity contribution in [1.82, 2.24) is 0 Å². The third-order valence-corrected chi connectivity index (χ3v) is 5.03. The predicted molar refractivity (Wildman–Crippen MR) is 62.9 cm³/mol. The van der Waals surface area contributed by atoms with Gasteiger partial charge in [-0.25, -0.2) is 12.8 Å². The maximum Gasteiger partial charge on any atom is 0.152 e. The van der Waals surface area contributed by atoms with E-state index in [1.807, 2.05) is 6.07 Å². The lowest BCUT2D eigenvalue weighted by Crippen LogP contribution is -2.16. The van der Waals surface area contributed by atoms with E-state index in [0.29, 0.717) is 5.56 Å². The van der Waals surface area contributed by atoms with Crippen molar-refractivity contribution in [2.45, 2.75) is 11.2 Å². The molecular weight excluding hydrogens is 257 g/mol. The van der Waals surface area contributed by atoms with Crippen molar-refractivity contribution in [2.75, 3.05) is 12.9 Å². The van der Waals surface area contributed by atoms with Crippen LogP contribution < -0.4 is 0 Å². The molecule has 0 aliphatic heterocycles. The fourth-order valence-corrected chi connectivity index (χ4v) is 4.39. The smallest absolute Gasteiger partial charge is 0.152 e. The van der Waals surface area contributed by atoms with Crippen molar-refractivity contribution in [3.05, 3.63) is 35.6 Å². The quantitative estimate of drug-likeness (QED) is 0.882. The number of benzene rings is 1. The number of sulfone groups is 1. The Morgan fingerprint density at radius 1 is 1.44 bits per heavy atom. The molecule has 0 aromatic heterocycles. The van der Waals surface area contributed by atoms with Crippen LogP contribution in [0.15, 0.2) is 24.3 Å². The number of rotatable bonds is 3. The average molecular weight is 269 g/mol. The highest BCUT2D eigenvalue weighted by atomic mass is 32.2. The molecule has 0 amide bonds. The molecule has 1 aromatic carbocycles. The summed E-state index contributed by atoms with van der Waals surface area (Å²) in [6, 6.07) is 7.23. The van der Waals surface area contributed by atoms with Gasteiger partial charge in [0.25, 0.3) is 0 Å². The normalized spacial score (nSPS) is 30.8. The third kappa shape index (κ3) is 1.80. The summed E-state index contributed by atoms with van der Waals surface area (Å²) >= 11 is 0. The van der Waals surface area contributed by atoms with E-state index in [4.69, 9.17) is 5.26 Å². The van der Waals surface area contributed by atoms with Gasteiger partial charge in [-0.2, -0.15) is 5.26 Å². The Balaban J connectivity index is 2.46. The van der Waals surface area contributed by atoms with E-state index in [2.05, 4.69) is 0 Å². The van der Waals surface area contributed by atoms with Crippen LogP contribution in [0.5, 0.6) is 0 Å². The summed E-state index contributed by atoms with van der Waals surface area (Å²) in [5, 5.41) is 17.5. The first kappa shape index (κ1) is 13.0. The number of aliphatic hydroxyl groups excluding tert-OH is 1. The second-order valence-electron chi connectivity index (χ2n) is 4.59.